The van der Waals surface area contributed by atoms with E-state index in [0.717, 1.165) is 31.7 Å². The van der Waals surface area contributed by atoms with Crippen molar-refractivity contribution >= 4 is 13.8 Å². The average Bonchev–Trinajstić information content (AvgIpc) is 2.46. The zero-order chi connectivity index (χ0) is 15.3. The summed E-state index contributed by atoms with van der Waals surface area (Å²) in [4.78, 5) is 9.34. The number of rotatable bonds is 3. The maximum atomic E-state index is 4.37. The fraction of sp³-hybridized carbons (Fsp3) is 0.588. The van der Waals surface area contributed by atoms with Gasteiger partial charge in [0.05, 0.1) is 11.9 Å². The zero-order valence-corrected chi connectivity index (χ0v) is 14.8. The normalized spacial score (nSPS) is 16.5. The van der Waals surface area contributed by atoms with Crippen molar-refractivity contribution in [3.8, 4) is 11.5 Å². The predicted molar refractivity (Wildman–Crippen MR) is 93.4 cm³/mol. The van der Waals surface area contributed by atoms with E-state index in [-0.39, 0.29) is 0 Å². The Morgan fingerprint density at radius 2 is 1.86 bits per heavy atom. The summed E-state index contributed by atoms with van der Waals surface area (Å²) in [6.07, 6.45) is 5.09. The summed E-state index contributed by atoms with van der Waals surface area (Å²) in [6, 6.07) is 2.19. The van der Waals surface area contributed by atoms with Gasteiger partial charge in [-0.25, -0.2) is 0 Å². The first-order chi connectivity index (χ1) is 9.98. The molecule has 2 rings (SSSR count). The molecule has 0 N–H and O–H groups in total. The van der Waals surface area contributed by atoms with Gasteiger partial charge in [0.1, 0.15) is 8.07 Å². The molecule has 1 aromatic rings. The Bertz CT molecular complexity index is 517. The van der Waals surface area contributed by atoms with Gasteiger partial charge in [-0.3, -0.25) is 9.88 Å². The van der Waals surface area contributed by atoms with Crippen LogP contribution in [-0.4, -0.2) is 50.7 Å². The molecule has 0 atom stereocenters. The van der Waals surface area contributed by atoms with E-state index in [1.165, 1.54) is 18.7 Å². The quantitative estimate of drug-likeness (QED) is 0.632. The topological polar surface area (TPSA) is 19.4 Å². The van der Waals surface area contributed by atoms with Crippen LogP contribution in [0.1, 0.15) is 18.9 Å². The summed E-state index contributed by atoms with van der Waals surface area (Å²) < 4.78 is 0. The number of hydrogen-bond acceptors (Lipinski definition) is 3. The zero-order valence-electron chi connectivity index (χ0n) is 13.8. The van der Waals surface area contributed by atoms with Crippen LogP contribution in [-0.2, 0) is 0 Å². The van der Waals surface area contributed by atoms with Crippen LogP contribution in [0.25, 0.3) is 0 Å². The van der Waals surface area contributed by atoms with Crippen molar-refractivity contribution in [3.63, 3.8) is 0 Å². The first-order valence-corrected chi connectivity index (χ1v) is 11.4. The largest absolute Gasteiger partial charge is 0.368 e. The summed E-state index contributed by atoms with van der Waals surface area (Å²) in [7, 11) is -1.32. The molecule has 1 fully saturated rings. The maximum Gasteiger partial charge on any atom is 0.129 e. The summed E-state index contributed by atoms with van der Waals surface area (Å²) in [5.41, 5.74) is 5.68. The Labute approximate surface area is 130 Å². The second-order valence-corrected chi connectivity index (χ2v) is 11.5. The molecule has 2 heterocycles. The third kappa shape index (κ3) is 5.18. The van der Waals surface area contributed by atoms with E-state index in [2.05, 4.69) is 58.9 Å². The number of hydrogen-bond donors (Lipinski definition) is 0. The van der Waals surface area contributed by atoms with Crippen molar-refractivity contribution in [1.82, 2.24) is 9.88 Å². The Hall–Kier alpha value is -1.31. The molecule has 0 aliphatic carbocycles. The first-order valence-electron chi connectivity index (χ1n) is 7.93. The highest BCUT2D eigenvalue weighted by atomic mass is 28.3. The van der Waals surface area contributed by atoms with Crippen molar-refractivity contribution in [2.45, 2.75) is 33.0 Å². The van der Waals surface area contributed by atoms with E-state index in [9.17, 15) is 0 Å². The summed E-state index contributed by atoms with van der Waals surface area (Å²) in [6.45, 7) is 14.7. The highest BCUT2D eigenvalue weighted by molar-refractivity contribution is 6.83. The molecule has 114 valence electrons. The second kappa shape index (κ2) is 7.10. The van der Waals surface area contributed by atoms with Gasteiger partial charge >= 0.3 is 0 Å². The molecule has 0 radical (unpaired) electrons. The van der Waals surface area contributed by atoms with E-state index in [0.29, 0.717) is 0 Å². The van der Waals surface area contributed by atoms with Crippen molar-refractivity contribution in [2.24, 2.45) is 0 Å². The van der Waals surface area contributed by atoms with Crippen molar-refractivity contribution in [3.05, 3.63) is 24.0 Å². The molecular weight excluding hydrogens is 274 g/mol. The minimum atomic E-state index is -1.32. The summed E-state index contributed by atoms with van der Waals surface area (Å²) >= 11 is 0. The van der Waals surface area contributed by atoms with Crippen LogP contribution in [0.4, 0.5) is 5.69 Å². The smallest absolute Gasteiger partial charge is 0.129 e. The molecule has 3 nitrogen and oxygen atoms in total. The summed E-state index contributed by atoms with van der Waals surface area (Å²) in [5.74, 6) is 3.31. The van der Waals surface area contributed by atoms with Crippen LogP contribution in [0, 0.1) is 11.5 Å². The lowest BCUT2D eigenvalue weighted by Crippen LogP contribution is -2.46. The third-order valence-electron chi connectivity index (χ3n) is 3.58. The second-order valence-electron chi connectivity index (χ2n) is 6.76. The standard InChI is InChI=1S/C17H27N3Si/c1-5-7-19-8-10-20(11-9-19)17-13-16(14-18-15-17)6-12-21(2,3)4/h13-15H,5,7-11H2,1-4H3. The molecule has 0 bridgehead atoms. The van der Waals surface area contributed by atoms with Gasteiger partial charge in [-0.1, -0.05) is 32.5 Å². The van der Waals surface area contributed by atoms with E-state index >= 15 is 0 Å². The molecule has 1 aliphatic rings. The van der Waals surface area contributed by atoms with Crippen LogP contribution >= 0.6 is 0 Å². The molecule has 0 unspecified atom stereocenters. The molecule has 0 aromatic carbocycles. The monoisotopic (exact) mass is 301 g/mol. The fourth-order valence-electron chi connectivity index (χ4n) is 2.47. The molecule has 0 amide bonds. The first kappa shape index (κ1) is 16.1. The number of aromatic nitrogens is 1. The van der Waals surface area contributed by atoms with Crippen molar-refractivity contribution in [1.29, 1.82) is 0 Å². The minimum Gasteiger partial charge on any atom is -0.368 e. The van der Waals surface area contributed by atoms with Gasteiger partial charge in [-0.15, -0.1) is 5.54 Å². The Kier molecular flexibility index (Phi) is 5.43. The molecule has 1 saturated heterocycles. The van der Waals surface area contributed by atoms with E-state index in [4.69, 9.17) is 0 Å². The lowest BCUT2D eigenvalue weighted by atomic mass is 10.2. The lowest BCUT2D eigenvalue weighted by Gasteiger charge is -2.35. The Morgan fingerprint density at radius 1 is 1.14 bits per heavy atom. The van der Waals surface area contributed by atoms with Gasteiger partial charge in [0, 0.05) is 37.9 Å². The molecule has 21 heavy (non-hydrogen) atoms. The highest BCUT2D eigenvalue weighted by Gasteiger charge is 2.16. The fourth-order valence-corrected chi connectivity index (χ4v) is 2.99. The van der Waals surface area contributed by atoms with E-state index in [1.807, 2.05) is 12.4 Å². The Morgan fingerprint density at radius 3 is 2.48 bits per heavy atom. The molecule has 1 aliphatic heterocycles. The van der Waals surface area contributed by atoms with Crippen LogP contribution in [0.5, 0.6) is 0 Å². The minimum absolute atomic E-state index is 1.05. The number of anilines is 1. The lowest BCUT2D eigenvalue weighted by molar-refractivity contribution is 0.258. The number of nitrogens with zero attached hydrogens (tertiary/aromatic N) is 3. The van der Waals surface area contributed by atoms with E-state index in [1.54, 1.807) is 0 Å². The number of pyridine rings is 1. The molecular formula is C17H27N3Si. The molecule has 1 aromatic heterocycles. The van der Waals surface area contributed by atoms with Gasteiger partial charge in [0.2, 0.25) is 0 Å². The van der Waals surface area contributed by atoms with Gasteiger partial charge < -0.3 is 4.90 Å². The predicted octanol–water partition coefficient (Wildman–Crippen LogP) is 2.84. The van der Waals surface area contributed by atoms with Crippen LogP contribution < -0.4 is 4.90 Å². The van der Waals surface area contributed by atoms with Gasteiger partial charge in [0.15, 0.2) is 0 Å². The Balaban J connectivity index is 2.03. The van der Waals surface area contributed by atoms with Gasteiger partial charge in [-0.2, -0.15) is 0 Å². The van der Waals surface area contributed by atoms with E-state index < -0.39 is 8.07 Å². The van der Waals surface area contributed by atoms with Gasteiger partial charge in [0.25, 0.3) is 0 Å². The maximum absolute atomic E-state index is 4.37. The third-order valence-corrected chi connectivity index (χ3v) is 4.46. The van der Waals surface area contributed by atoms with Crippen molar-refractivity contribution in [2.75, 3.05) is 37.6 Å². The molecule has 0 spiro atoms. The summed E-state index contributed by atoms with van der Waals surface area (Å²) in [5, 5.41) is 0. The molecule has 0 saturated carbocycles. The van der Waals surface area contributed by atoms with Gasteiger partial charge in [-0.05, 0) is 19.0 Å². The number of piperazine rings is 1. The molecule has 4 heteroatoms. The highest BCUT2D eigenvalue weighted by Crippen LogP contribution is 2.16. The SMILES string of the molecule is CCCN1CCN(c2cncc(C#C[Si](C)(C)C)c2)CC1. The average molecular weight is 302 g/mol. The van der Waals surface area contributed by atoms with Crippen LogP contribution in [0.15, 0.2) is 18.5 Å². The van der Waals surface area contributed by atoms with Crippen LogP contribution in [0.2, 0.25) is 19.6 Å². The van der Waals surface area contributed by atoms with Crippen molar-refractivity contribution < 1.29 is 0 Å². The van der Waals surface area contributed by atoms with Crippen LogP contribution in [0.3, 0.4) is 0 Å².